The molecule has 1 heterocycles. The average molecular weight is 231 g/mol. The van der Waals surface area contributed by atoms with Crippen molar-refractivity contribution in [1.29, 1.82) is 0 Å². The zero-order valence-electron chi connectivity index (χ0n) is 8.37. The number of benzene rings is 1. The maximum Gasteiger partial charge on any atom is 0.277 e. The Kier molecular flexibility index (Phi) is 3.12. The van der Waals surface area contributed by atoms with Crippen LogP contribution < -0.4 is 0 Å². The highest BCUT2D eigenvalue weighted by Crippen LogP contribution is 2.19. The molecule has 80 valence electrons. The fraction of sp³-hybridized carbons (Fsp3) is 0. The second-order valence-corrected chi connectivity index (χ2v) is 3.99. The van der Waals surface area contributed by atoms with Gasteiger partial charge in [0, 0.05) is 6.08 Å². The van der Waals surface area contributed by atoms with Crippen LogP contribution in [0, 0.1) is 10.1 Å². The Morgan fingerprint density at radius 2 is 2.00 bits per heavy atom. The molecule has 16 heavy (non-hydrogen) atoms. The lowest BCUT2D eigenvalue weighted by molar-refractivity contribution is -0.374. The van der Waals surface area contributed by atoms with Gasteiger partial charge in [-0.15, -0.1) is 0 Å². The first kappa shape index (κ1) is 10.6. The van der Waals surface area contributed by atoms with Crippen molar-refractivity contribution < 1.29 is 4.92 Å². The predicted molar refractivity (Wildman–Crippen MR) is 65.6 cm³/mol. The lowest BCUT2D eigenvalue weighted by Crippen LogP contribution is -1.97. The van der Waals surface area contributed by atoms with Gasteiger partial charge in [-0.3, -0.25) is 10.1 Å². The van der Waals surface area contributed by atoms with Crippen LogP contribution in [0.3, 0.4) is 0 Å². The summed E-state index contributed by atoms with van der Waals surface area (Å²) in [6, 6.07) is 10.8. The van der Waals surface area contributed by atoms with Crippen molar-refractivity contribution in [3.63, 3.8) is 0 Å². The summed E-state index contributed by atoms with van der Waals surface area (Å²) in [6.07, 6.45) is 1.59. The van der Waals surface area contributed by atoms with E-state index in [0.29, 0.717) is 5.56 Å². The zero-order valence-corrected chi connectivity index (χ0v) is 9.18. The quantitative estimate of drug-likeness (QED) is 0.599. The highest BCUT2D eigenvalue weighted by Gasteiger charge is 2.13. The molecule has 3 nitrogen and oxygen atoms in total. The third-order valence-corrected chi connectivity index (χ3v) is 2.81. The van der Waals surface area contributed by atoms with Crippen LogP contribution in [0.4, 0.5) is 0 Å². The van der Waals surface area contributed by atoms with Crippen molar-refractivity contribution in [3.05, 3.63) is 68.4 Å². The second-order valence-electron chi connectivity index (χ2n) is 3.21. The molecule has 0 aliphatic carbocycles. The van der Waals surface area contributed by atoms with Crippen LogP contribution in [0.2, 0.25) is 0 Å². The van der Waals surface area contributed by atoms with Crippen molar-refractivity contribution in [3.8, 4) is 0 Å². The molecule has 0 saturated heterocycles. The molecule has 0 aliphatic heterocycles. The van der Waals surface area contributed by atoms with E-state index in [9.17, 15) is 10.1 Å². The van der Waals surface area contributed by atoms with Gasteiger partial charge >= 0.3 is 0 Å². The topological polar surface area (TPSA) is 43.1 Å². The minimum Gasteiger partial charge on any atom is -0.258 e. The van der Waals surface area contributed by atoms with Crippen LogP contribution in [-0.2, 0) is 0 Å². The first-order valence-electron chi connectivity index (χ1n) is 4.71. The van der Waals surface area contributed by atoms with Crippen LogP contribution >= 0.6 is 11.3 Å². The molecular weight excluding hydrogens is 222 g/mol. The highest BCUT2D eigenvalue weighted by atomic mass is 32.1. The molecule has 0 bridgehead atoms. The van der Waals surface area contributed by atoms with E-state index >= 15 is 0 Å². The molecule has 2 rings (SSSR count). The minimum absolute atomic E-state index is 0.124. The van der Waals surface area contributed by atoms with Crippen LogP contribution in [0.25, 0.3) is 11.8 Å². The monoisotopic (exact) mass is 231 g/mol. The van der Waals surface area contributed by atoms with Gasteiger partial charge in [0.1, 0.15) is 0 Å². The van der Waals surface area contributed by atoms with Crippen molar-refractivity contribution in [2.45, 2.75) is 0 Å². The Bertz CT molecular complexity index is 503. The van der Waals surface area contributed by atoms with Gasteiger partial charge in [0.25, 0.3) is 5.70 Å². The number of rotatable bonds is 3. The summed E-state index contributed by atoms with van der Waals surface area (Å²) in [5, 5.41) is 14.7. The molecule has 0 unspecified atom stereocenters. The first-order chi connectivity index (χ1) is 7.77. The average Bonchev–Trinajstić information content (AvgIpc) is 2.79. The number of hydrogen-bond donors (Lipinski definition) is 0. The van der Waals surface area contributed by atoms with Gasteiger partial charge in [0.05, 0.1) is 10.5 Å². The Hall–Kier alpha value is -1.94. The predicted octanol–water partition coefficient (Wildman–Crippen LogP) is 3.52. The van der Waals surface area contributed by atoms with E-state index in [-0.39, 0.29) is 10.6 Å². The Labute approximate surface area is 96.8 Å². The van der Waals surface area contributed by atoms with Gasteiger partial charge in [0.15, 0.2) is 0 Å². The molecule has 2 aromatic rings. The molecule has 0 radical (unpaired) electrons. The summed E-state index contributed by atoms with van der Waals surface area (Å²) < 4.78 is 0. The van der Waals surface area contributed by atoms with Crippen molar-refractivity contribution in [1.82, 2.24) is 0 Å². The molecule has 1 aromatic heterocycles. The number of nitro groups is 1. The summed E-state index contributed by atoms with van der Waals surface area (Å²) in [5.41, 5.74) is 1.61. The minimum atomic E-state index is -0.354. The molecule has 4 heteroatoms. The van der Waals surface area contributed by atoms with Crippen LogP contribution in [0.15, 0.2) is 47.2 Å². The van der Waals surface area contributed by atoms with E-state index in [4.69, 9.17) is 0 Å². The van der Waals surface area contributed by atoms with Gasteiger partial charge in [-0.1, -0.05) is 18.2 Å². The van der Waals surface area contributed by atoms with E-state index in [1.165, 1.54) is 11.3 Å². The molecule has 0 N–H and O–H groups in total. The van der Waals surface area contributed by atoms with Crippen LogP contribution in [0.5, 0.6) is 0 Å². The lowest BCUT2D eigenvalue weighted by atomic mass is 10.1. The SMILES string of the molecule is O=[N+]([O-])C(=Cc1ccsc1)c1ccccc1. The largest absolute Gasteiger partial charge is 0.277 e. The fourth-order valence-electron chi connectivity index (χ4n) is 1.37. The molecule has 1 aromatic carbocycles. The van der Waals surface area contributed by atoms with Crippen molar-refractivity contribution >= 4 is 23.1 Å². The number of nitrogens with zero attached hydrogens (tertiary/aromatic N) is 1. The van der Waals surface area contributed by atoms with Gasteiger partial charge in [0.2, 0.25) is 0 Å². The summed E-state index contributed by atoms with van der Waals surface area (Å²) in [7, 11) is 0. The number of hydrogen-bond acceptors (Lipinski definition) is 3. The first-order valence-corrected chi connectivity index (χ1v) is 5.65. The van der Waals surface area contributed by atoms with Crippen molar-refractivity contribution in [2.75, 3.05) is 0 Å². The van der Waals surface area contributed by atoms with E-state index in [0.717, 1.165) is 5.56 Å². The van der Waals surface area contributed by atoms with E-state index in [2.05, 4.69) is 0 Å². The van der Waals surface area contributed by atoms with E-state index in [1.54, 1.807) is 30.3 Å². The molecular formula is C12H9NO2S. The Balaban J connectivity index is 2.43. The lowest BCUT2D eigenvalue weighted by Gasteiger charge is -1.97. The standard InChI is InChI=1S/C12H9NO2S/c14-13(15)12(8-10-6-7-16-9-10)11-4-2-1-3-5-11/h1-9H. The zero-order chi connectivity index (χ0) is 11.4. The second kappa shape index (κ2) is 4.72. The Morgan fingerprint density at radius 3 is 2.56 bits per heavy atom. The van der Waals surface area contributed by atoms with Gasteiger partial charge in [-0.2, -0.15) is 11.3 Å². The van der Waals surface area contributed by atoms with Gasteiger partial charge in [-0.25, -0.2) is 0 Å². The van der Waals surface area contributed by atoms with Gasteiger partial charge < -0.3 is 0 Å². The van der Waals surface area contributed by atoms with Crippen LogP contribution in [0.1, 0.15) is 11.1 Å². The molecule has 0 fully saturated rings. The fourth-order valence-corrected chi connectivity index (χ4v) is 1.98. The molecule has 0 aliphatic rings. The normalized spacial score (nSPS) is 11.4. The molecule has 0 spiro atoms. The molecule has 0 atom stereocenters. The smallest absolute Gasteiger partial charge is 0.258 e. The maximum atomic E-state index is 11.0. The summed E-state index contributed by atoms with van der Waals surface area (Å²) in [5.74, 6) is 0. The third-order valence-electron chi connectivity index (χ3n) is 2.11. The maximum absolute atomic E-state index is 11.0. The van der Waals surface area contributed by atoms with Crippen LogP contribution in [-0.4, -0.2) is 4.92 Å². The third kappa shape index (κ3) is 2.35. The van der Waals surface area contributed by atoms with Gasteiger partial charge in [-0.05, 0) is 34.5 Å². The molecule has 0 amide bonds. The molecule has 0 saturated carbocycles. The Morgan fingerprint density at radius 1 is 1.25 bits per heavy atom. The summed E-state index contributed by atoms with van der Waals surface area (Å²) >= 11 is 1.52. The van der Waals surface area contributed by atoms with E-state index in [1.807, 2.05) is 22.9 Å². The summed E-state index contributed by atoms with van der Waals surface area (Å²) in [4.78, 5) is 10.6. The summed E-state index contributed by atoms with van der Waals surface area (Å²) in [6.45, 7) is 0. The number of thiophene rings is 1. The van der Waals surface area contributed by atoms with E-state index < -0.39 is 0 Å². The van der Waals surface area contributed by atoms with Crippen molar-refractivity contribution in [2.24, 2.45) is 0 Å². The highest BCUT2D eigenvalue weighted by molar-refractivity contribution is 7.08.